The van der Waals surface area contributed by atoms with Crippen LogP contribution < -0.4 is 10.6 Å². The molecule has 1 atom stereocenters. The second-order valence-corrected chi connectivity index (χ2v) is 5.51. The highest BCUT2D eigenvalue weighted by Gasteiger charge is 2.13. The molecule has 1 unspecified atom stereocenters. The first-order chi connectivity index (χ1) is 11.2. The summed E-state index contributed by atoms with van der Waals surface area (Å²) in [7, 11) is 5.63. The van der Waals surface area contributed by atoms with Gasteiger partial charge < -0.3 is 26.0 Å². The lowest BCUT2D eigenvalue weighted by Crippen LogP contribution is -2.34. The molecule has 0 saturated carbocycles. The lowest BCUT2D eigenvalue weighted by atomic mass is 9.86. The molecular formula is C16H21BN2O5. The molecule has 1 aromatic rings. The Morgan fingerprint density at radius 3 is 2.42 bits per heavy atom. The molecular weight excluding hydrogens is 311 g/mol. The fraction of sp³-hybridized carbons (Fsp3) is 0.375. The lowest BCUT2D eigenvalue weighted by molar-refractivity contribution is -0.122. The molecule has 128 valence electrons. The summed E-state index contributed by atoms with van der Waals surface area (Å²) in [6, 6.07) is 2.02. The average Bonchev–Trinajstić information content (AvgIpc) is 2.47. The van der Waals surface area contributed by atoms with Crippen LogP contribution in [-0.2, 0) is 9.59 Å². The number of hydrogen-bond acceptors (Lipinski definition) is 5. The van der Waals surface area contributed by atoms with E-state index in [4.69, 9.17) is 7.85 Å². The number of amides is 2. The number of carbonyl (C=O) groups is 2. The minimum atomic E-state index is -0.540. The van der Waals surface area contributed by atoms with Crippen LogP contribution in [0.4, 0.5) is 0 Å². The van der Waals surface area contributed by atoms with Crippen molar-refractivity contribution in [3.8, 4) is 17.2 Å². The van der Waals surface area contributed by atoms with Gasteiger partial charge >= 0.3 is 0 Å². The van der Waals surface area contributed by atoms with E-state index in [1.165, 1.54) is 13.0 Å². The Kier molecular flexibility index (Phi) is 7.16. The number of rotatable bonds is 7. The number of aromatic hydroxyl groups is 3. The molecule has 1 rings (SSSR count). The van der Waals surface area contributed by atoms with Gasteiger partial charge in [0, 0.05) is 25.1 Å². The molecule has 7 nitrogen and oxygen atoms in total. The van der Waals surface area contributed by atoms with Crippen molar-refractivity contribution >= 4 is 25.7 Å². The maximum atomic E-state index is 12.2. The standard InChI is InChI=1S/C16H21BN2O5/c1-9(17)4-3-5-18-16(24)12(19-10(2)20)6-11-7-14(22)15(23)8-13(11)21/h6-9,21-23H,3-5H2,1-2H3,(H,18,24)(H,19,20). The monoisotopic (exact) mass is 332 g/mol. The summed E-state index contributed by atoms with van der Waals surface area (Å²) in [5.41, 5.74) is -0.0246. The summed E-state index contributed by atoms with van der Waals surface area (Å²) in [5, 5.41) is 33.6. The molecule has 0 aliphatic heterocycles. The normalized spacial score (nSPS) is 12.5. The summed E-state index contributed by atoms with van der Waals surface area (Å²) >= 11 is 0. The summed E-state index contributed by atoms with van der Waals surface area (Å²) in [6.07, 6.45) is 2.63. The number of benzene rings is 1. The molecule has 2 radical (unpaired) electrons. The molecule has 0 aliphatic rings. The van der Waals surface area contributed by atoms with Crippen LogP contribution in [0.15, 0.2) is 17.8 Å². The first-order valence-electron chi connectivity index (χ1n) is 7.48. The summed E-state index contributed by atoms with van der Waals surface area (Å²) in [4.78, 5) is 23.4. The van der Waals surface area contributed by atoms with Gasteiger partial charge in [0.05, 0.1) is 7.85 Å². The van der Waals surface area contributed by atoms with Crippen molar-refractivity contribution in [1.29, 1.82) is 0 Å². The number of phenols is 3. The molecule has 0 heterocycles. The lowest BCUT2D eigenvalue weighted by Gasteiger charge is -2.11. The number of hydrogen-bond donors (Lipinski definition) is 5. The molecule has 0 bridgehead atoms. The Labute approximate surface area is 141 Å². The van der Waals surface area contributed by atoms with Gasteiger partial charge in [0.25, 0.3) is 5.91 Å². The van der Waals surface area contributed by atoms with Crippen LogP contribution in [-0.4, -0.2) is 41.5 Å². The minimum absolute atomic E-state index is 0.0316. The van der Waals surface area contributed by atoms with Gasteiger partial charge in [0.2, 0.25) is 5.91 Å². The highest BCUT2D eigenvalue weighted by Crippen LogP contribution is 2.33. The SMILES string of the molecule is [B]C(C)CCCNC(=O)C(=Cc1cc(O)c(O)cc1O)NC(C)=O. The Balaban J connectivity index is 2.94. The Morgan fingerprint density at radius 2 is 1.83 bits per heavy atom. The zero-order chi connectivity index (χ0) is 18.3. The third-order valence-electron chi connectivity index (χ3n) is 3.10. The van der Waals surface area contributed by atoms with Crippen molar-refractivity contribution in [3.05, 3.63) is 23.4 Å². The zero-order valence-electron chi connectivity index (χ0n) is 13.7. The van der Waals surface area contributed by atoms with E-state index < -0.39 is 23.3 Å². The molecule has 2 amide bonds. The van der Waals surface area contributed by atoms with Crippen molar-refractivity contribution in [2.75, 3.05) is 6.54 Å². The van der Waals surface area contributed by atoms with Crippen molar-refractivity contribution in [1.82, 2.24) is 10.6 Å². The molecule has 5 N–H and O–H groups in total. The van der Waals surface area contributed by atoms with Gasteiger partial charge in [-0.05, 0) is 18.6 Å². The predicted octanol–water partition coefficient (Wildman–Crippen LogP) is 1.15. The Bertz CT molecular complexity index is 644. The quantitative estimate of drug-likeness (QED) is 0.169. The largest absolute Gasteiger partial charge is 0.507 e. The van der Waals surface area contributed by atoms with Crippen LogP contribution in [0.3, 0.4) is 0 Å². The summed E-state index contributed by atoms with van der Waals surface area (Å²) in [5.74, 6) is -2.27. The Hall–Kier alpha value is -2.64. The van der Waals surface area contributed by atoms with Crippen LogP contribution in [0, 0.1) is 0 Å². The van der Waals surface area contributed by atoms with Crippen molar-refractivity contribution in [2.24, 2.45) is 0 Å². The first kappa shape index (κ1) is 19.4. The van der Waals surface area contributed by atoms with E-state index in [0.717, 1.165) is 18.6 Å². The summed E-state index contributed by atoms with van der Waals surface area (Å²) in [6.45, 7) is 3.49. The van der Waals surface area contributed by atoms with E-state index in [-0.39, 0.29) is 22.8 Å². The van der Waals surface area contributed by atoms with Gasteiger partial charge in [0.15, 0.2) is 11.5 Å². The second kappa shape index (κ2) is 8.86. The van der Waals surface area contributed by atoms with E-state index in [1.807, 2.05) is 6.92 Å². The molecule has 0 aromatic heterocycles. The molecule has 0 fully saturated rings. The number of phenolic OH excluding ortho intramolecular Hbond substituents is 3. The topological polar surface area (TPSA) is 119 Å². The number of carbonyl (C=O) groups excluding carboxylic acids is 2. The van der Waals surface area contributed by atoms with Crippen molar-refractivity contribution in [3.63, 3.8) is 0 Å². The second-order valence-electron chi connectivity index (χ2n) is 5.51. The number of nitrogens with one attached hydrogen (secondary N) is 2. The van der Waals surface area contributed by atoms with Crippen molar-refractivity contribution in [2.45, 2.75) is 32.5 Å². The molecule has 0 saturated heterocycles. The summed E-state index contributed by atoms with van der Waals surface area (Å²) < 4.78 is 0. The highest BCUT2D eigenvalue weighted by atomic mass is 16.3. The van der Waals surface area contributed by atoms with E-state index in [9.17, 15) is 24.9 Å². The predicted molar refractivity (Wildman–Crippen MR) is 90.7 cm³/mol. The van der Waals surface area contributed by atoms with Crippen LogP contribution in [0.1, 0.15) is 32.3 Å². The van der Waals surface area contributed by atoms with Gasteiger partial charge in [-0.3, -0.25) is 9.59 Å². The molecule has 8 heteroatoms. The first-order valence-corrected chi connectivity index (χ1v) is 7.48. The van der Waals surface area contributed by atoms with Gasteiger partial charge in [0.1, 0.15) is 11.4 Å². The van der Waals surface area contributed by atoms with E-state index >= 15 is 0 Å². The third kappa shape index (κ3) is 6.24. The van der Waals surface area contributed by atoms with E-state index in [1.54, 1.807) is 0 Å². The molecule has 0 spiro atoms. The third-order valence-corrected chi connectivity index (χ3v) is 3.10. The molecule has 0 aliphatic carbocycles. The Morgan fingerprint density at radius 1 is 1.21 bits per heavy atom. The van der Waals surface area contributed by atoms with Crippen LogP contribution >= 0.6 is 0 Å². The van der Waals surface area contributed by atoms with Gasteiger partial charge in [-0.15, -0.1) is 0 Å². The smallest absolute Gasteiger partial charge is 0.267 e. The zero-order valence-corrected chi connectivity index (χ0v) is 13.7. The van der Waals surface area contributed by atoms with Gasteiger partial charge in [-0.2, -0.15) is 0 Å². The maximum absolute atomic E-state index is 12.2. The van der Waals surface area contributed by atoms with E-state index in [0.29, 0.717) is 13.0 Å². The van der Waals surface area contributed by atoms with Gasteiger partial charge in [-0.25, -0.2) is 0 Å². The fourth-order valence-corrected chi connectivity index (χ4v) is 1.92. The van der Waals surface area contributed by atoms with Crippen LogP contribution in [0.5, 0.6) is 17.2 Å². The van der Waals surface area contributed by atoms with Crippen molar-refractivity contribution < 1.29 is 24.9 Å². The van der Waals surface area contributed by atoms with E-state index in [2.05, 4.69) is 10.6 Å². The van der Waals surface area contributed by atoms with Gasteiger partial charge in [-0.1, -0.05) is 19.2 Å². The fourth-order valence-electron chi connectivity index (χ4n) is 1.92. The van der Waals surface area contributed by atoms with Crippen LogP contribution in [0.25, 0.3) is 6.08 Å². The molecule has 24 heavy (non-hydrogen) atoms. The minimum Gasteiger partial charge on any atom is -0.507 e. The maximum Gasteiger partial charge on any atom is 0.267 e. The highest BCUT2D eigenvalue weighted by molar-refractivity contribution is 6.11. The van der Waals surface area contributed by atoms with Crippen LogP contribution in [0.2, 0.25) is 5.82 Å². The molecule has 1 aromatic carbocycles. The average molecular weight is 332 g/mol.